The molecule has 14 nitrogen and oxygen atoms in total. The van der Waals surface area contributed by atoms with Crippen molar-refractivity contribution in [2.75, 3.05) is 93.5 Å². The zero-order chi connectivity index (χ0) is 43.0. The van der Waals surface area contributed by atoms with Crippen LogP contribution in [0.3, 0.4) is 0 Å². The molecule has 0 radical (unpaired) electrons. The zero-order valence-electron chi connectivity index (χ0n) is 35.7. The number of aromatic nitrogens is 6. The highest BCUT2D eigenvalue weighted by molar-refractivity contribution is 5.72. The molecule has 2 aliphatic rings. The standard InChI is InChI=1S/C25H25N7O.C24H26N6/c1-30-13-15-31(16-14-30)20-8-6-19(7-9-20)28-25-27-18-21-10-11-23(32(21)29-25)22-4-2-3-5-24(22)33-17-12-26;1-28-13-15-29(16-14-28)21-9-7-20(8-10-21)26-24-25-18-23-12-11-22(30(23)27-24)17-19-5-3-2-4-6-19/h2-11,18H,13-17H2,1H3,(H,28,29);2-12,18H,13-17H2,1H3,(H,26,27). The van der Waals surface area contributed by atoms with Gasteiger partial charge in [-0.3, -0.25) is 0 Å². The molecule has 0 spiro atoms. The predicted molar refractivity (Wildman–Crippen MR) is 251 cm³/mol. The zero-order valence-corrected chi connectivity index (χ0v) is 35.7. The van der Waals surface area contributed by atoms with Crippen molar-refractivity contribution in [3.8, 4) is 23.1 Å². The largest absolute Gasteiger partial charge is 0.478 e. The molecule has 2 saturated heterocycles. The number of hydrogen-bond donors (Lipinski definition) is 2. The molecule has 2 aliphatic heterocycles. The fourth-order valence-electron chi connectivity index (χ4n) is 7.93. The highest BCUT2D eigenvalue weighted by Gasteiger charge is 2.17. The minimum Gasteiger partial charge on any atom is -0.478 e. The SMILES string of the molecule is CN1CCN(c2ccc(Nc3ncc4ccc(-c5ccccc5OCC#N)n4n3)cc2)CC1.CN1CCN(c2ccc(Nc3ncc4ccc(Cc5ccccc5)n4n3)cc2)CC1. The predicted octanol–water partition coefficient (Wildman–Crippen LogP) is 7.61. The normalized spacial score (nSPS) is 14.6. The molecule has 8 aromatic rings. The van der Waals surface area contributed by atoms with Crippen LogP contribution in [-0.4, -0.2) is 112 Å². The Morgan fingerprint density at radius 2 is 1.10 bits per heavy atom. The lowest BCUT2D eigenvalue weighted by Gasteiger charge is -2.34. The first-order valence-electron chi connectivity index (χ1n) is 21.4. The molecule has 0 unspecified atom stereocenters. The molecule has 10 rings (SSSR count). The number of hydrogen-bond acceptors (Lipinski definition) is 12. The van der Waals surface area contributed by atoms with Crippen LogP contribution in [0.1, 0.15) is 11.3 Å². The third kappa shape index (κ3) is 9.86. The summed E-state index contributed by atoms with van der Waals surface area (Å²) in [6, 6.07) is 45.2. The smallest absolute Gasteiger partial charge is 0.245 e. The molecular weight excluding hydrogens is 787 g/mol. The van der Waals surface area contributed by atoms with Crippen molar-refractivity contribution in [1.29, 1.82) is 5.26 Å². The Bertz CT molecular complexity index is 2780. The molecular formula is C49H51N13O. The van der Waals surface area contributed by atoms with E-state index in [-0.39, 0.29) is 6.61 Å². The molecule has 0 saturated carbocycles. The molecule has 0 amide bonds. The molecule has 63 heavy (non-hydrogen) atoms. The summed E-state index contributed by atoms with van der Waals surface area (Å²) in [5.74, 6) is 1.75. The van der Waals surface area contributed by atoms with Crippen LogP contribution in [0, 0.1) is 11.3 Å². The van der Waals surface area contributed by atoms with Gasteiger partial charge in [0.2, 0.25) is 11.9 Å². The van der Waals surface area contributed by atoms with Crippen molar-refractivity contribution in [3.05, 3.63) is 151 Å². The van der Waals surface area contributed by atoms with Crippen molar-refractivity contribution in [2.45, 2.75) is 6.42 Å². The number of benzene rings is 4. The van der Waals surface area contributed by atoms with Gasteiger partial charge in [-0.25, -0.2) is 19.0 Å². The highest BCUT2D eigenvalue weighted by atomic mass is 16.5. The first-order valence-corrected chi connectivity index (χ1v) is 21.4. The fraction of sp³-hybridized carbons (Fsp3) is 0.245. The Morgan fingerprint density at radius 1 is 0.571 bits per heavy atom. The number of likely N-dealkylation sites (N-methyl/N-ethyl adjacent to an activating group) is 2. The summed E-state index contributed by atoms with van der Waals surface area (Å²) in [4.78, 5) is 18.5. The Kier molecular flexibility index (Phi) is 12.4. The van der Waals surface area contributed by atoms with Gasteiger partial charge in [0, 0.05) is 92.8 Å². The summed E-state index contributed by atoms with van der Waals surface area (Å²) in [5, 5.41) is 25.0. The first kappa shape index (κ1) is 40.9. The minimum absolute atomic E-state index is 0.00770. The third-order valence-corrected chi connectivity index (χ3v) is 11.5. The molecule has 6 heterocycles. The van der Waals surface area contributed by atoms with Gasteiger partial charge in [0.1, 0.15) is 11.8 Å². The van der Waals surface area contributed by atoms with E-state index in [1.165, 1.54) is 16.9 Å². The van der Waals surface area contributed by atoms with E-state index in [2.05, 4.69) is 139 Å². The fourth-order valence-corrected chi connectivity index (χ4v) is 7.93. The Morgan fingerprint density at radius 3 is 1.68 bits per heavy atom. The second-order valence-corrected chi connectivity index (χ2v) is 15.9. The van der Waals surface area contributed by atoms with Crippen LogP contribution in [0.4, 0.5) is 34.6 Å². The quantitative estimate of drug-likeness (QED) is 0.133. The average molecular weight is 838 g/mol. The second kappa shape index (κ2) is 19.1. The van der Waals surface area contributed by atoms with Crippen molar-refractivity contribution in [3.63, 3.8) is 0 Å². The number of anilines is 6. The lowest BCUT2D eigenvalue weighted by Crippen LogP contribution is -2.44. The second-order valence-electron chi connectivity index (χ2n) is 15.9. The van der Waals surface area contributed by atoms with Gasteiger partial charge >= 0.3 is 0 Å². The molecule has 0 atom stereocenters. The van der Waals surface area contributed by atoms with Crippen LogP contribution >= 0.6 is 0 Å². The van der Waals surface area contributed by atoms with Gasteiger partial charge in [0.15, 0.2) is 6.61 Å². The lowest BCUT2D eigenvalue weighted by molar-refractivity contribution is 0.313. The van der Waals surface area contributed by atoms with Gasteiger partial charge in [0.25, 0.3) is 0 Å². The first-order chi connectivity index (χ1) is 31.0. The van der Waals surface area contributed by atoms with E-state index in [1.807, 2.05) is 63.8 Å². The van der Waals surface area contributed by atoms with Gasteiger partial charge in [-0.05, 0) is 105 Å². The van der Waals surface area contributed by atoms with E-state index in [4.69, 9.17) is 20.2 Å². The van der Waals surface area contributed by atoms with Crippen LogP contribution in [-0.2, 0) is 6.42 Å². The monoisotopic (exact) mass is 837 g/mol. The van der Waals surface area contributed by atoms with E-state index >= 15 is 0 Å². The number of ether oxygens (including phenoxy) is 1. The molecule has 4 aromatic carbocycles. The number of nitrogens with zero attached hydrogens (tertiary/aromatic N) is 11. The number of piperazine rings is 2. The molecule has 0 aliphatic carbocycles. The molecule has 4 aromatic heterocycles. The molecule has 0 bridgehead atoms. The van der Waals surface area contributed by atoms with Gasteiger partial charge in [0.05, 0.1) is 29.1 Å². The summed E-state index contributed by atoms with van der Waals surface area (Å²) in [6.45, 7) is 8.59. The summed E-state index contributed by atoms with van der Waals surface area (Å²) in [7, 11) is 4.34. The van der Waals surface area contributed by atoms with Gasteiger partial charge in [-0.2, -0.15) is 5.26 Å². The van der Waals surface area contributed by atoms with Crippen LogP contribution < -0.4 is 25.2 Å². The number of fused-ring (bicyclic) bond motifs is 2. The topological polar surface area (TPSA) is 130 Å². The van der Waals surface area contributed by atoms with Crippen molar-refractivity contribution in [2.24, 2.45) is 0 Å². The number of para-hydroxylation sites is 1. The maximum Gasteiger partial charge on any atom is 0.245 e. The number of nitriles is 1. The van der Waals surface area contributed by atoms with Crippen LogP contribution in [0.5, 0.6) is 5.75 Å². The van der Waals surface area contributed by atoms with Gasteiger partial charge in [-0.15, -0.1) is 10.2 Å². The van der Waals surface area contributed by atoms with Gasteiger partial charge < -0.3 is 35.0 Å². The molecule has 2 N–H and O–H groups in total. The highest BCUT2D eigenvalue weighted by Crippen LogP contribution is 2.31. The van der Waals surface area contributed by atoms with Crippen LogP contribution in [0.25, 0.3) is 22.3 Å². The van der Waals surface area contributed by atoms with Crippen molar-refractivity contribution < 1.29 is 4.74 Å². The van der Waals surface area contributed by atoms with Crippen LogP contribution in [0.2, 0.25) is 0 Å². The minimum atomic E-state index is -0.00770. The van der Waals surface area contributed by atoms with E-state index < -0.39 is 0 Å². The lowest BCUT2D eigenvalue weighted by atomic mass is 10.1. The molecule has 14 heteroatoms. The third-order valence-electron chi connectivity index (χ3n) is 11.5. The summed E-state index contributed by atoms with van der Waals surface area (Å²) in [5.41, 5.74) is 10.4. The van der Waals surface area contributed by atoms with E-state index in [0.29, 0.717) is 17.6 Å². The summed E-state index contributed by atoms with van der Waals surface area (Å²) in [6.07, 6.45) is 4.49. The maximum atomic E-state index is 8.89. The van der Waals surface area contributed by atoms with E-state index in [1.54, 1.807) is 6.20 Å². The Hall–Kier alpha value is -7.47. The summed E-state index contributed by atoms with van der Waals surface area (Å²) >= 11 is 0. The molecule has 318 valence electrons. The van der Waals surface area contributed by atoms with Crippen molar-refractivity contribution >= 4 is 45.7 Å². The Balaban J connectivity index is 0.000000161. The maximum absolute atomic E-state index is 8.89. The average Bonchev–Trinajstić information content (AvgIpc) is 3.93. The van der Waals surface area contributed by atoms with Gasteiger partial charge in [-0.1, -0.05) is 42.5 Å². The number of rotatable bonds is 11. The molecule has 2 fully saturated rings. The van der Waals surface area contributed by atoms with Crippen LogP contribution in [0.15, 0.2) is 140 Å². The van der Waals surface area contributed by atoms with Crippen molar-refractivity contribution in [1.82, 2.24) is 39.0 Å². The summed E-state index contributed by atoms with van der Waals surface area (Å²) < 4.78 is 9.42. The van der Waals surface area contributed by atoms with E-state index in [0.717, 1.165) is 98.1 Å². The number of nitrogens with one attached hydrogen (secondary N) is 2. The Labute approximate surface area is 367 Å². The van der Waals surface area contributed by atoms with E-state index in [9.17, 15) is 0 Å².